The first-order valence-corrected chi connectivity index (χ1v) is 16.6. The van der Waals surface area contributed by atoms with Gasteiger partial charge in [0.1, 0.15) is 11.5 Å². The number of nitrogens with zero attached hydrogens (tertiary/aromatic N) is 1. The summed E-state index contributed by atoms with van der Waals surface area (Å²) in [5.74, 6) is 1.81. The first-order valence-electron chi connectivity index (χ1n) is 15.8. The fourth-order valence-electron chi connectivity index (χ4n) is 8.47. The van der Waals surface area contributed by atoms with E-state index in [0.29, 0.717) is 0 Å². The topological polar surface area (TPSA) is 14.2 Å². The maximum Gasteiger partial charge on any atom is 0.132 e. The first-order chi connectivity index (χ1) is 22.8. The second-order valence-corrected chi connectivity index (χ2v) is 13.5. The Hall–Kier alpha value is -5.64. The van der Waals surface area contributed by atoms with Crippen molar-refractivity contribution < 1.29 is 4.74 Å². The van der Waals surface area contributed by atoms with Crippen molar-refractivity contribution in [3.63, 3.8) is 0 Å². The van der Waals surface area contributed by atoms with Crippen LogP contribution in [-0.4, -0.2) is 4.57 Å². The van der Waals surface area contributed by atoms with Gasteiger partial charge in [-0.05, 0) is 52.6 Å². The summed E-state index contributed by atoms with van der Waals surface area (Å²) in [4.78, 5) is 0. The van der Waals surface area contributed by atoms with E-state index in [0.717, 1.165) is 11.5 Å². The van der Waals surface area contributed by atoms with Crippen LogP contribution >= 0.6 is 11.3 Å². The molecule has 1 spiro atoms. The van der Waals surface area contributed by atoms with Gasteiger partial charge < -0.3 is 9.30 Å². The number of benzene rings is 7. The molecule has 0 bridgehead atoms. The molecule has 0 saturated heterocycles. The van der Waals surface area contributed by atoms with Crippen LogP contribution in [0.4, 0.5) is 0 Å². The second kappa shape index (κ2) is 8.75. The lowest BCUT2D eigenvalue weighted by molar-refractivity contribution is 0.434. The number of hydrogen-bond acceptors (Lipinski definition) is 2. The fraction of sp³-hybridized carbons (Fsp3) is 0.0233. The molecule has 46 heavy (non-hydrogen) atoms. The lowest BCUT2D eigenvalue weighted by atomic mass is 9.61. The highest BCUT2D eigenvalue weighted by Gasteiger charge is 2.50. The highest BCUT2D eigenvalue weighted by molar-refractivity contribution is 7.26. The van der Waals surface area contributed by atoms with Crippen LogP contribution in [-0.2, 0) is 5.41 Å². The summed E-state index contributed by atoms with van der Waals surface area (Å²) in [7, 11) is 0. The zero-order valence-electron chi connectivity index (χ0n) is 24.7. The Morgan fingerprint density at radius 1 is 0.500 bits per heavy atom. The van der Waals surface area contributed by atoms with E-state index in [-0.39, 0.29) is 0 Å². The lowest BCUT2D eigenvalue weighted by Gasteiger charge is -2.45. The van der Waals surface area contributed by atoms with Gasteiger partial charge in [0.25, 0.3) is 0 Å². The van der Waals surface area contributed by atoms with Crippen molar-refractivity contribution in [3.05, 3.63) is 174 Å². The summed E-state index contributed by atoms with van der Waals surface area (Å²) in [6.07, 6.45) is 0. The standard InChI is InChI=1S/C43H25NOS/c1-5-19-36-28(11-1)30-14-10-18-35-41(30)44(36)37-20-6-3-16-32(37)43(35)33-17-4-7-21-38(33)45-39-25-26(23-24-34(39)43)27-13-9-15-31-29-12-2-8-22-40(29)46-42(27)31/h1-25H. The maximum atomic E-state index is 6.89. The average Bonchev–Trinajstić information content (AvgIpc) is 3.67. The van der Waals surface area contributed by atoms with Crippen molar-refractivity contribution in [2.24, 2.45) is 0 Å². The monoisotopic (exact) mass is 603 g/mol. The molecule has 214 valence electrons. The molecule has 11 rings (SSSR count). The zero-order valence-corrected chi connectivity index (χ0v) is 25.5. The van der Waals surface area contributed by atoms with Crippen molar-refractivity contribution in [2.75, 3.05) is 0 Å². The molecule has 2 aliphatic rings. The van der Waals surface area contributed by atoms with E-state index in [2.05, 4.69) is 156 Å². The summed E-state index contributed by atoms with van der Waals surface area (Å²) >= 11 is 1.87. The molecular formula is C43H25NOS. The zero-order chi connectivity index (χ0) is 30.0. The molecular weight excluding hydrogens is 579 g/mol. The van der Waals surface area contributed by atoms with Gasteiger partial charge in [0.2, 0.25) is 0 Å². The van der Waals surface area contributed by atoms with E-state index in [1.807, 2.05) is 11.3 Å². The van der Waals surface area contributed by atoms with E-state index >= 15 is 0 Å². The number of thiophene rings is 1. The van der Waals surface area contributed by atoms with Crippen LogP contribution in [0.15, 0.2) is 152 Å². The fourth-order valence-corrected chi connectivity index (χ4v) is 9.71. The van der Waals surface area contributed by atoms with Gasteiger partial charge in [-0.2, -0.15) is 0 Å². The largest absolute Gasteiger partial charge is 0.457 e. The Kier molecular flexibility index (Phi) is 4.69. The molecule has 0 fully saturated rings. The number of ether oxygens (including phenoxy) is 1. The predicted octanol–water partition coefficient (Wildman–Crippen LogP) is 11.6. The van der Waals surface area contributed by atoms with E-state index in [9.17, 15) is 0 Å². The number of hydrogen-bond donors (Lipinski definition) is 0. The molecule has 0 radical (unpaired) electrons. The Bertz CT molecular complexity index is 2750. The van der Waals surface area contributed by atoms with E-state index in [4.69, 9.17) is 4.74 Å². The average molecular weight is 604 g/mol. The van der Waals surface area contributed by atoms with Crippen LogP contribution < -0.4 is 4.74 Å². The molecule has 7 aromatic carbocycles. The Balaban J connectivity index is 1.26. The molecule has 3 heteroatoms. The van der Waals surface area contributed by atoms with E-state index in [1.165, 1.54) is 81.0 Å². The molecule has 2 aromatic heterocycles. The maximum absolute atomic E-state index is 6.89. The van der Waals surface area contributed by atoms with Gasteiger partial charge in [0.05, 0.1) is 22.1 Å². The summed E-state index contributed by atoms with van der Waals surface area (Å²) in [5, 5.41) is 5.17. The van der Waals surface area contributed by atoms with E-state index < -0.39 is 5.41 Å². The highest BCUT2D eigenvalue weighted by Crippen LogP contribution is 2.60. The third kappa shape index (κ3) is 2.92. The Morgan fingerprint density at radius 3 is 2.15 bits per heavy atom. The summed E-state index contributed by atoms with van der Waals surface area (Å²) in [5.41, 5.74) is 10.5. The van der Waals surface area contributed by atoms with E-state index in [1.54, 1.807) is 0 Å². The summed E-state index contributed by atoms with van der Waals surface area (Å²) < 4.78 is 12.0. The minimum absolute atomic E-state index is 0.549. The van der Waals surface area contributed by atoms with Gasteiger partial charge in [-0.15, -0.1) is 11.3 Å². The van der Waals surface area contributed by atoms with Gasteiger partial charge >= 0.3 is 0 Å². The van der Waals surface area contributed by atoms with Gasteiger partial charge in [-0.1, -0.05) is 121 Å². The third-order valence-electron chi connectivity index (χ3n) is 10.3. The highest BCUT2D eigenvalue weighted by atomic mass is 32.1. The van der Waals surface area contributed by atoms with Crippen LogP contribution in [0.1, 0.15) is 22.3 Å². The third-order valence-corrected chi connectivity index (χ3v) is 11.5. The minimum atomic E-state index is -0.549. The molecule has 4 heterocycles. The Morgan fingerprint density at radius 2 is 1.20 bits per heavy atom. The molecule has 9 aromatic rings. The van der Waals surface area contributed by atoms with Crippen LogP contribution in [0, 0.1) is 0 Å². The van der Waals surface area contributed by atoms with Crippen LogP contribution in [0.25, 0.3) is 58.8 Å². The van der Waals surface area contributed by atoms with Gasteiger partial charge in [-0.3, -0.25) is 0 Å². The molecule has 2 nitrogen and oxygen atoms in total. The van der Waals surface area contributed by atoms with Crippen LogP contribution in [0.5, 0.6) is 11.5 Å². The van der Waals surface area contributed by atoms with Crippen molar-refractivity contribution in [1.29, 1.82) is 0 Å². The number of fused-ring (bicyclic) bond motifs is 14. The second-order valence-electron chi connectivity index (χ2n) is 12.4. The molecule has 0 aliphatic carbocycles. The number of aromatic nitrogens is 1. The molecule has 0 N–H and O–H groups in total. The molecule has 0 amide bonds. The number of para-hydroxylation sites is 4. The molecule has 1 atom stereocenters. The normalized spacial score (nSPS) is 16.1. The minimum Gasteiger partial charge on any atom is -0.457 e. The van der Waals surface area contributed by atoms with Crippen molar-refractivity contribution in [3.8, 4) is 28.3 Å². The predicted molar refractivity (Wildman–Crippen MR) is 191 cm³/mol. The quantitative estimate of drug-likeness (QED) is 0.182. The smallest absolute Gasteiger partial charge is 0.132 e. The lowest BCUT2D eigenvalue weighted by Crippen LogP contribution is -2.37. The number of rotatable bonds is 1. The molecule has 2 aliphatic heterocycles. The summed E-state index contributed by atoms with van der Waals surface area (Å²) in [6.45, 7) is 0. The molecule has 0 saturated carbocycles. The summed E-state index contributed by atoms with van der Waals surface area (Å²) in [6, 6.07) is 55.6. The molecule has 1 unspecified atom stereocenters. The van der Waals surface area contributed by atoms with Crippen LogP contribution in [0.3, 0.4) is 0 Å². The van der Waals surface area contributed by atoms with Crippen LogP contribution in [0.2, 0.25) is 0 Å². The first kappa shape index (κ1) is 24.7. The Labute approximate surface area is 269 Å². The van der Waals surface area contributed by atoms with Gasteiger partial charge in [-0.25, -0.2) is 0 Å². The van der Waals surface area contributed by atoms with Gasteiger partial charge in [0.15, 0.2) is 0 Å². The van der Waals surface area contributed by atoms with Crippen molar-refractivity contribution in [1.82, 2.24) is 4.57 Å². The van der Waals surface area contributed by atoms with Crippen molar-refractivity contribution >= 4 is 53.3 Å². The van der Waals surface area contributed by atoms with Gasteiger partial charge in [0, 0.05) is 42.1 Å². The van der Waals surface area contributed by atoms with Crippen molar-refractivity contribution in [2.45, 2.75) is 5.41 Å². The SMILES string of the molecule is c1ccc2c(c1)Oc1cc(-c3cccc4c3sc3ccccc34)ccc1C21c2ccccc2-n2c3ccccc3c3cccc1c32.